The lowest BCUT2D eigenvalue weighted by atomic mass is 10.3. The summed E-state index contributed by atoms with van der Waals surface area (Å²) in [6.07, 6.45) is 2.97. The zero-order valence-electron chi connectivity index (χ0n) is 9.50. The highest BCUT2D eigenvalue weighted by Crippen LogP contribution is 2.25. The largest absolute Gasteiger partial charge is 0.313 e. The molecule has 1 rings (SSSR count). The molecule has 0 spiro atoms. The normalized spacial score (nSPS) is 10.4. The van der Waals surface area contributed by atoms with Crippen LogP contribution in [0.3, 0.4) is 0 Å². The standard InChI is InChI=1S/C12H17BrN2S/c1-3-6-14-8-10(2)9-16-12-11(13)5-4-7-15-12/h4-5,7,14H,2-3,6,8-9H2,1H3. The van der Waals surface area contributed by atoms with E-state index in [0.29, 0.717) is 0 Å². The van der Waals surface area contributed by atoms with Crippen LogP contribution in [0.15, 0.2) is 40.0 Å². The van der Waals surface area contributed by atoms with Crippen molar-refractivity contribution in [2.24, 2.45) is 0 Å². The Morgan fingerprint density at radius 1 is 1.62 bits per heavy atom. The number of thioether (sulfide) groups is 1. The van der Waals surface area contributed by atoms with Gasteiger partial charge in [0.25, 0.3) is 0 Å². The van der Waals surface area contributed by atoms with E-state index in [9.17, 15) is 0 Å². The Hall–Kier alpha value is -0.320. The topological polar surface area (TPSA) is 24.9 Å². The molecule has 0 unspecified atom stereocenters. The average molecular weight is 301 g/mol. The lowest BCUT2D eigenvalue weighted by Crippen LogP contribution is -2.18. The van der Waals surface area contributed by atoms with Crippen LogP contribution in [0.5, 0.6) is 0 Å². The van der Waals surface area contributed by atoms with Crippen molar-refractivity contribution in [2.45, 2.75) is 18.4 Å². The van der Waals surface area contributed by atoms with Crippen LogP contribution in [0.4, 0.5) is 0 Å². The summed E-state index contributed by atoms with van der Waals surface area (Å²) < 4.78 is 1.05. The highest BCUT2D eigenvalue weighted by molar-refractivity contribution is 9.10. The maximum absolute atomic E-state index is 4.30. The first kappa shape index (κ1) is 13.7. The lowest BCUT2D eigenvalue weighted by Gasteiger charge is -2.07. The number of rotatable bonds is 7. The highest BCUT2D eigenvalue weighted by atomic mass is 79.9. The van der Waals surface area contributed by atoms with Gasteiger partial charge in [-0.3, -0.25) is 0 Å². The van der Waals surface area contributed by atoms with Gasteiger partial charge in [0.2, 0.25) is 0 Å². The van der Waals surface area contributed by atoms with Crippen LogP contribution in [0.2, 0.25) is 0 Å². The maximum atomic E-state index is 4.30. The fraction of sp³-hybridized carbons (Fsp3) is 0.417. The summed E-state index contributed by atoms with van der Waals surface area (Å²) in [5.41, 5.74) is 1.20. The zero-order chi connectivity index (χ0) is 11.8. The van der Waals surface area contributed by atoms with Crippen LogP contribution >= 0.6 is 27.7 Å². The predicted octanol–water partition coefficient (Wildman–Crippen LogP) is 3.49. The molecule has 0 radical (unpaired) electrons. The number of aromatic nitrogens is 1. The Labute approximate surface area is 110 Å². The van der Waals surface area contributed by atoms with Crippen molar-refractivity contribution in [2.75, 3.05) is 18.8 Å². The van der Waals surface area contributed by atoms with Crippen LogP contribution in [-0.4, -0.2) is 23.8 Å². The fourth-order valence-corrected chi connectivity index (χ4v) is 2.52. The van der Waals surface area contributed by atoms with Crippen molar-refractivity contribution >= 4 is 27.7 Å². The zero-order valence-corrected chi connectivity index (χ0v) is 11.9. The second kappa shape index (κ2) is 7.87. The van der Waals surface area contributed by atoms with Gasteiger partial charge in [-0.25, -0.2) is 4.98 Å². The molecule has 0 amide bonds. The molecule has 0 aliphatic heterocycles. The average Bonchev–Trinajstić information content (AvgIpc) is 2.28. The molecular weight excluding hydrogens is 284 g/mol. The van der Waals surface area contributed by atoms with Crippen molar-refractivity contribution in [3.63, 3.8) is 0 Å². The van der Waals surface area contributed by atoms with Gasteiger partial charge in [-0.15, -0.1) is 11.8 Å². The van der Waals surface area contributed by atoms with Crippen LogP contribution in [0, 0.1) is 0 Å². The predicted molar refractivity (Wildman–Crippen MR) is 75.0 cm³/mol. The molecule has 1 aromatic rings. The molecule has 0 saturated heterocycles. The first-order chi connectivity index (χ1) is 7.74. The monoisotopic (exact) mass is 300 g/mol. The molecule has 0 bridgehead atoms. The van der Waals surface area contributed by atoms with Gasteiger partial charge in [-0.2, -0.15) is 0 Å². The van der Waals surface area contributed by atoms with Crippen molar-refractivity contribution in [1.29, 1.82) is 0 Å². The molecule has 0 aliphatic rings. The van der Waals surface area contributed by atoms with Gasteiger partial charge >= 0.3 is 0 Å². The third-order valence-electron chi connectivity index (χ3n) is 1.94. The van der Waals surface area contributed by atoms with E-state index in [1.54, 1.807) is 11.8 Å². The number of nitrogens with zero attached hydrogens (tertiary/aromatic N) is 1. The van der Waals surface area contributed by atoms with Gasteiger partial charge < -0.3 is 5.32 Å². The first-order valence-electron chi connectivity index (χ1n) is 5.34. The molecule has 1 aromatic heterocycles. The van der Waals surface area contributed by atoms with E-state index >= 15 is 0 Å². The third-order valence-corrected chi connectivity index (χ3v) is 3.99. The molecular formula is C12H17BrN2S. The molecule has 0 aliphatic carbocycles. The Balaban J connectivity index is 2.29. The Kier molecular flexibility index (Phi) is 6.76. The maximum Gasteiger partial charge on any atom is 0.110 e. The molecule has 0 saturated carbocycles. The Morgan fingerprint density at radius 2 is 2.44 bits per heavy atom. The molecule has 0 aromatic carbocycles. The van der Waals surface area contributed by atoms with E-state index in [2.05, 4.69) is 39.7 Å². The van der Waals surface area contributed by atoms with Crippen molar-refractivity contribution in [3.05, 3.63) is 35.0 Å². The van der Waals surface area contributed by atoms with E-state index in [4.69, 9.17) is 0 Å². The fourth-order valence-electron chi connectivity index (χ4n) is 1.14. The van der Waals surface area contributed by atoms with Crippen LogP contribution in [0.1, 0.15) is 13.3 Å². The second-order valence-corrected chi connectivity index (χ2v) is 5.32. The molecule has 1 heterocycles. The number of hydrogen-bond acceptors (Lipinski definition) is 3. The minimum atomic E-state index is 0.894. The van der Waals surface area contributed by atoms with Gasteiger partial charge in [0.1, 0.15) is 5.03 Å². The summed E-state index contributed by atoms with van der Waals surface area (Å²) in [5.74, 6) is 0.909. The Morgan fingerprint density at radius 3 is 3.12 bits per heavy atom. The summed E-state index contributed by atoms with van der Waals surface area (Å²) in [4.78, 5) is 4.30. The van der Waals surface area contributed by atoms with Gasteiger partial charge in [-0.05, 0) is 41.0 Å². The quantitative estimate of drug-likeness (QED) is 0.474. The molecule has 1 N–H and O–H groups in total. The van der Waals surface area contributed by atoms with Gasteiger partial charge in [-0.1, -0.05) is 19.1 Å². The summed E-state index contributed by atoms with van der Waals surface area (Å²) in [6.45, 7) is 8.15. The smallest absolute Gasteiger partial charge is 0.110 e. The molecule has 16 heavy (non-hydrogen) atoms. The van der Waals surface area contributed by atoms with Crippen molar-refractivity contribution in [3.8, 4) is 0 Å². The Bertz CT molecular complexity index is 342. The van der Waals surface area contributed by atoms with Crippen LogP contribution < -0.4 is 5.32 Å². The molecule has 2 nitrogen and oxygen atoms in total. The number of halogens is 1. The third kappa shape index (κ3) is 5.14. The van der Waals surface area contributed by atoms with Gasteiger partial charge in [0.05, 0.1) is 0 Å². The van der Waals surface area contributed by atoms with Crippen molar-refractivity contribution in [1.82, 2.24) is 10.3 Å². The molecule has 0 atom stereocenters. The van der Waals surface area contributed by atoms with E-state index in [0.717, 1.165) is 34.8 Å². The molecule has 0 fully saturated rings. The minimum Gasteiger partial charge on any atom is -0.313 e. The van der Waals surface area contributed by atoms with E-state index in [1.807, 2.05) is 18.3 Å². The summed E-state index contributed by atoms with van der Waals surface area (Å²) >= 11 is 5.20. The van der Waals surface area contributed by atoms with Gasteiger partial charge in [0.15, 0.2) is 0 Å². The molecule has 4 heteroatoms. The van der Waals surface area contributed by atoms with E-state index in [1.165, 1.54) is 5.57 Å². The minimum absolute atomic E-state index is 0.894. The van der Waals surface area contributed by atoms with Crippen LogP contribution in [-0.2, 0) is 0 Å². The summed E-state index contributed by atoms with van der Waals surface area (Å²) in [6, 6.07) is 3.93. The van der Waals surface area contributed by atoms with Crippen LogP contribution in [0.25, 0.3) is 0 Å². The van der Waals surface area contributed by atoms with Gasteiger partial charge in [0, 0.05) is 23.0 Å². The van der Waals surface area contributed by atoms with Crippen molar-refractivity contribution < 1.29 is 0 Å². The summed E-state index contributed by atoms with van der Waals surface area (Å²) in [7, 11) is 0. The highest BCUT2D eigenvalue weighted by Gasteiger charge is 2.02. The van der Waals surface area contributed by atoms with E-state index < -0.39 is 0 Å². The number of nitrogens with one attached hydrogen (secondary N) is 1. The number of hydrogen-bond donors (Lipinski definition) is 1. The summed E-state index contributed by atoms with van der Waals surface area (Å²) in [5, 5.41) is 4.37. The first-order valence-corrected chi connectivity index (χ1v) is 7.12. The SMILES string of the molecule is C=C(CNCCC)CSc1ncccc1Br. The second-order valence-electron chi connectivity index (χ2n) is 3.51. The lowest BCUT2D eigenvalue weighted by molar-refractivity contribution is 0.716. The van der Waals surface area contributed by atoms with E-state index in [-0.39, 0.29) is 0 Å². The molecule has 88 valence electrons. The number of pyridine rings is 1.